The molecule has 1 heteroatoms. The van der Waals surface area contributed by atoms with E-state index in [9.17, 15) is 0 Å². The van der Waals surface area contributed by atoms with Gasteiger partial charge in [-0.3, -0.25) is 0 Å². The predicted octanol–water partition coefficient (Wildman–Crippen LogP) is 2.70. The van der Waals surface area contributed by atoms with Crippen molar-refractivity contribution in [3.63, 3.8) is 0 Å². The summed E-state index contributed by atoms with van der Waals surface area (Å²) in [7, 11) is 0. The second-order valence-corrected chi connectivity index (χ2v) is 4.95. The molecule has 0 aromatic heterocycles. The molecule has 1 aliphatic rings. The van der Waals surface area contributed by atoms with Crippen LogP contribution in [0.4, 0.5) is 0 Å². The Morgan fingerprint density at radius 2 is 1.79 bits per heavy atom. The summed E-state index contributed by atoms with van der Waals surface area (Å²) in [4.78, 5) is 0. The Bertz CT molecular complexity index is 298. The summed E-state index contributed by atoms with van der Waals surface area (Å²) in [5.74, 6) is 0.755. The summed E-state index contributed by atoms with van der Waals surface area (Å²) >= 11 is 0. The molecule has 1 atom stereocenters. The van der Waals surface area contributed by atoms with E-state index in [1.165, 1.54) is 18.4 Å². The highest BCUT2D eigenvalue weighted by Crippen LogP contribution is 2.40. The first-order valence-corrected chi connectivity index (χ1v) is 5.43. The lowest BCUT2D eigenvalue weighted by molar-refractivity contribution is 0.373. The van der Waals surface area contributed by atoms with E-state index in [2.05, 4.69) is 44.2 Å². The normalized spacial score (nSPS) is 19.4. The largest absolute Gasteiger partial charge is 0.327 e. The Balaban J connectivity index is 2.22. The van der Waals surface area contributed by atoms with Crippen molar-refractivity contribution in [2.75, 3.05) is 0 Å². The van der Waals surface area contributed by atoms with Crippen molar-refractivity contribution in [2.24, 2.45) is 11.7 Å². The number of nitrogens with two attached hydrogens (primary N) is 1. The minimum Gasteiger partial charge on any atom is -0.327 e. The first kappa shape index (κ1) is 9.72. The van der Waals surface area contributed by atoms with Gasteiger partial charge in [0.05, 0.1) is 0 Å². The van der Waals surface area contributed by atoms with Crippen LogP contribution < -0.4 is 5.73 Å². The van der Waals surface area contributed by atoms with Gasteiger partial charge >= 0.3 is 0 Å². The number of rotatable bonds is 3. The molecule has 76 valence electrons. The average Bonchev–Trinajstić information content (AvgIpc) is 3.01. The third-order valence-electron chi connectivity index (χ3n) is 3.48. The topological polar surface area (TPSA) is 26.0 Å². The molecule has 0 spiro atoms. The van der Waals surface area contributed by atoms with Crippen LogP contribution in [0.5, 0.6) is 0 Å². The summed E-state index contributed by atoms with van der Waals surface area (Å²) in [6, 6.07) is 10.9. The van der Waals surface area contributed by atoms with Crippen molar-refractivity contribution >= 4 is 0 Å². The lowest BCUT2D eigenvalue weighted by Crippen LogP contribution is -2.42. The maximum Gasteiger partial charge on any atom is 0.0159 e. The zero-order valence-electron chi connectivity index (χ0n) is 9.03. The molecule has 1 nitrogen and oxygen atoms in total. The molecule has 2 rings (SSSR count). The van der Waals surface area contributed by atoms with Gasteiger partial charge in [0, 0.05) is 11.5 Å². The first-order valence-electron chi connectivity index (χ1n) is 5.43. The summed E-state index contributed by atoms with van der Waals surface area (Å²) < 4.78 is 0. The van der Waals surface area contributed by atoms with Gasteiger partial charge in [-0.15, -0.1) is 0 Å². The van der Waals surface area contributed by atoms with Crippen LogP contribution in [0.1, 0.15) is 32.3 Å². The van der Waals surface area contributed by atoms with E-state index in [-0.39, 0.29) is 5.41 Å². The maximum atomic E-state index is 6.29. The summed E-state index contributed by atoms with van der Waals surface area (Å²) in [6.45, 7) is 4.51. The van der Waals surface area contributed by atoms with Gasteiger partial charge in [-0.2, -0.15) is 0 Å². The van der Waals surface area contributed by atoms with Gasteiger partial charge in [-0.25, -0.2) is 0 Å². The molecule has 0 radical (unpaired) electrons. The summed E-state index contributed by atoms with van der Waals surface area (Å²) in [5.41, 5.74) is 7.76. The average molecular weight is 189 g/mol. The standard InChI is InChI=1S/C13H19N/c1-13(2,12(14)10-8-9-10)11-6-4-3-5-7-11/h3-7,10,12H,8-9,14H2,1-2H3. The highest BCUT2D eigenvalue weighted by Gasteiger charge is 2.39. The van der Waals surface area contributed by atoms with Crippen LogP contribution in [0.2, 0.25) is 0 Å². The Hall–Kier alpha value is -0.820. The zero-order chi connectivity index (χ0) is 10.2. The van der Waals surface area contributed by atoms with Crippen LogP contribution in [-0.2, 0) is 5.41 Å². The number of benzene rings is 1. The van der Waals surface area contributed by atoms with Gasteiger partial charge in [0.25, 0.3) is 0 Å². The van der Waals surface area contributed by atoms with Crippen LogP contribution in [0.25, 0.3) is 0 Å². The minimum absolute atomic E-state index is 0.114. The fourth-order valence-corrected chi connectivity index (χ4v) is 2.10. The van der Waals surface area contributed by atoms with Gasteiger partial charge in [0.15, 0.2) is 0 Å². The second-order valence-electron chi connectivity index (χ2n) is 4.95. The molecule has 1 unspecified atom stereocenters. The summed E-state index contributed by atoms with van der Waals surface area (Å²) in [5, 5.41) is 0. The van der Waals surface area contributed by atoms with Gasteiger partial charge in [-0.05, 0) is 24.3 Å². The highest BCUT2D eigenvalue weighted by atomic mass is 14.7. The van der Waals surface area contributed by atoms with Crippen LogP contribution in [-0.4, -0.2) is 6.04 Å². The SMILES string of the molecule is CC(C)(c1ccccc1)C(N)C1CC1. The highest BCUT2D eigenvalue weighted by molar-refractivity contribution is 5.26. The van der Waals surface area contributed by atoms with Crippen LogP contribution in [0.15, 0.2) is 30.3 Å². The van der Waals surface area contributed by atoms with E-state index in [4.69, 9.17) is 5.73 Å². The monoisotopic (exact) mass is 189 g/mol. The minimum atomic E-state index is 0.114. The Labute approximate surface area is 86.3 Å². The zero-order valence-corrected chi connectivity index (χ0v) is 9.03. The number of hydrogen-bond acceptors (Lipinski definition) is 1. The molecule has 0 saturated heterocycles. The van der Waals surface area contributed by atoms with Crippen LogP contribution in [0.3, 0.4) is 0 Å². The lowest BCUT2D eigenvalue weighted by Gasteiger charge is -2.32. The van der Waals surface area contributed by atoms with E-state index in [1.54, 1.807) is 0 Å². The van der Waals surface area contributed by atoms with Crippen molar-refractivity contribution < 1.29 is 0 Å². The number of hydrogen-bond donors (Lipinski definition) is 1. The molecule has 1 aromatic carbocycles. The van der Waals surface area contributed by atoms with Crippen molar-refractivity contribution in [3.05, 3.63) is 35.9 Å². The Kier molecular flexibility index (Phi) is 2.36. The maximum absolute atomic E-state index is 6.29. The Morgan fingerprint density at radius 1 is 1.21 bits per heavy atom. The van der Waals surface area contributed by atoms with E-state index >= 15 is 0 Å². The summed E-state index contributed by atoms with van der Waals surface area (Å²) in [6.07, 6.45) is 2.63. The van der Waals surface area contributed by atoms with Gasteiger partial charge in [-0.1, -0.05) is 44.2 Å². The molecule has 1 aromatic rings. The first-order chi connectivity index (χ1) is 6.62. The fraction of sp³-hybridized carbons (Fsp3) is 0.538. The van der Waals surface area contributed by atoms with Gasteiger partial charge in [0.2, 0.25) is 0 Å². The molecular formula is C13H19N. The molecule has 0 bridgehead atoms. The molecule has 1 fully saturated rings. The van der Waals surface area contributed by atoms with E-state index in [0.29, 0.717) is 6.04 Å². The molecule has 1 saturated carbocycles. The van der Waals surface area contributed by atoms with E-state index < -0.39 is 0 Å². The van der Waals surface area contributed by atoms with Crippen LogP contribution >= 0.6 is 0 Å². The van der Waals surface area contributed by atoms with Crippen molar-refractivity contribution in [1.82, 2.24) is 0 Å². The molecule has 14 heavy (non-hydrogen) atoms. The van der Waals surface area contributed by atoms with E-state index in [0.717, 1.165) is 5.92 Å². The third-order valence-corrected chi connectivity index (χ3v) is 3.48. The quantitative estimate of drug-likeness (QED) is 0.777. The van der Waals surface area contributed by atoms with E-state index in [1.807, 2.05) is 0 Å². The van der Waals surface area contributed by atoms with Crippen molar-refractivity contribution in [1.29, 1.82) is 0 Å². The predicted molar refractivity (Wildman–Crippen MR) is 60.2 cm³/mol. The fourth-order valence-electron chi connectivity index (χ4n) is 2.10. The van der Waals surface area contributed by atoms with Gasteiger partial charge < -0.3 is 5.73 Å². The van der Waals surface area contributed by atoms with Gasteiger partial charge in [0.1, 0.15) is 0 Å². The third kappa shape index (κ3) is 1.69. The Morgan fingerprint density at radius 3 is 2.29 bits per heavy atom. The molecule has 0 amide bonds. The molecular weight excluding hydrogens is 170 g/mol. The lowest BCUT2D eigenvalue weighted by atomic mass is 9.76. The molecule has 0 aliphatic heterocycles. The van der Waals surface area contributed by atoms with Crippen LogP contribution in [0, 0.1) is 5.92 Å². The molecule has 1 aliphatic carbocycles. The smallest absolute Gasteiger partial charge is 0.0159 e. The van der Waals surface area contributed by atoms with Crippen molar-refractivity contribution in [3.8, 4) is 0 Å². The molecule has 2 N–H and O–H groups in total. The second kappa shape index (κ2) is 3.39. The molecule has 0 heterocycles. The van der Waals surface area contributed by atoms with Crippen molar-refractivity contribution in [2.45, 2.75) is 38.1 Å².